The molecule has 1 heterocycles. The number of nitrogens with zero attached hydrogens (tertiary/aromatic N) is 1. The number of hydrogen-bond acceptors (Lipinski definition) is 3. The largest absolute Gasteiger partial charge is 0.471 e. The average Bonchev–Trinajstić information content (AvgIpc) is 2.53. The molecule has 1 aliphatic rings. The first-order chi connectivity index (χ1) is 11.3. The predicted molar refractivity (Wildman–Crippen MR) is 79.9 cm³/mol. The molecule has 1 aliphatic heterocycles. The van der Waals surface area contributed by atoms with E-state index in [1.807, 2.05) is 4.90 Å². The molecule has 4 nitrogen and oxygen atoms in total. The Hall–Kier alpha value is -1.67. The first kappa shape index (κ1) is 18.7. The first-order valence-corrected chi connectivity index (χ1v) is 7.77. The number of carbonyl (C=O) groups excluding carboxylic acids is 1. The van der Waals surface area contributed by atoms with Gasteiger partial charge in [-0.1, -0.05) is 12.1 Å². The van der Waals surface area contributed by atoms with Crippen LogP contribution < -0.4 is 5.32 Å². The van der Waals surface area contributed by atoms with Gasteiger partial charge in [0.05, 0.1) is 0 Å². The topological polar surface area (TPSA) is 52.6 Å². The predicted octanol–water partition coefficient (Wildman–Crippen LogP) is 2.04. The zero-order valence-corrected chi connectivity index (χ0v) is 13.0. The number of likely N-dealkylation sites (tertiary alicyclic amines) is 1. The van der Waals surface area contributed by atoms with Gasteiger partial charge in [-0.2, -0.15) is 13.2 Å². The normalized spacial score (nSPS) is 22.4. The van der Waals surface area contributed by atoms with E-state index in [1.165, 1.54) is 24.3 Å². The fraction of sp³-hybridized carbons (Fsp3) is 0.562. The third kappa shape index (κ3) is 4.91. The monoisotopic (exact) mass is 348 g/mol. The molecule has 0 aromatic heterocycles. The molecule has 1 aromatic rings. The van der Waals surface area contributed by atoms with Gasteiger partial charge in [0.25, 0.3) is 0 Å². The highest BCUT2D eigenvalue weighted by Gasteiger charge is 2.42. The average molecular weight is 348 g/mol. The lowest BCUT2D eigenvalue weighted by atomic mass is 9.85. The van der Waals surface area contributed by atoms with Gasteiger partial charge in [-0.05, 0) is 37.1 Å². The van der Waals surface area contributed by atoms with Crippen LogP contribution in [0.5, 0.6) is 0 Å². The summed E-state index contributed by atoms with van der Waals surface area (Å²) in [5.74, 6) is -2.71. The molecule has 2 atom stereocenters. The van der Waals surface area contributed by atoms with Crippen molar-refractivity contribution in [3.05, 3.63) is 35.6 Å². The molecule has 24 heavy (non-hydrogen) atoms. The van der Waals surface area contributed by atoms with Crippen LogP contribution in [-0.4, -0.2) is 54.4 Å². The number of benzene rings is 1. The molecule has 0 saturated carbocycles. The Morgan fingerprint density at radius 2 is 1.96 bits per heavy atom. The summed E-state index contributed by atoms with van der Waals surface area (Å²) in [7, 11) is 0. The number of piperidine rings is 1. The highest BCUT2D eigenvalue weighted by Crippen LogP contribution is 2.29. The van der Waals surface area contributed by atoms with Crippen molar-refractivity contribution in [3.63, 3.8) is 0 Å². The summed E-state index contributed by atoms with van der Waals surface area (Å²) >= 11 is 0. The van der Waals surface area contributed by atoms with E-state index in [9.17, 15) is 22.4 Å². The minimum absolute atomic E-state index is 0.00251. The van der Waals surface area contributed by atoms with Gasteiger partial charge in [0.15, 0.2) is 0 Å². The van der Waals surface area contributed by atoms with Crippen molar-refractivity contribution in [2.45, 2.75) is 31.0 Å². The summed E-state index contributed by atoms with van der Waals surface area (Å²) < 4.78 is 50.8. The summed E-state index contributed by atoms with van der Waals surface area (Å²) in [5, 5.41) is 11.0. The van der Waals surface area contributed by atoms with Crippen LogP contribution in [0.25, 0.3) is 0 Å². The maximum atomic E-state index is 13.1. The van der Waals surface area contributed by atoms with Gasteiger partial charge in [0.1, 0.15) is 5.82 Å². The zero-order chi connectivity index (χ0) is 17.7. The van der Waals surface area contributed by atoms with Crippen molar-refractivity contribution in [3.8, 4) is 0 Å². The maximum absolute atomic E-state index is 13.1. The third-order valence-electron chi connectivity index (χ3n) is 4.20. The molecule has 0 aliphatic carbocycles. The van der Waals surface area contributed by atoms with Crippen molar-refractivity contribution >= 4 is 5.91 Å². The minimum Gasteiger partial charge on any atom is -0.396 e. The molecule has 0 spiro atoms. The molecular weight excluding hydrogens is 328 g/mol. The molecule has 1 amide bonds. The highest BCUT2D eigenvalue weighted by atomic mass is 19.4. The Morgan fingerprint density at radius 3 is 2.54 bits per heavy atom. The second kappa shape index (κ2) is 7.94. The Labute approximate surface area is 137 Å². The summed E-state index contributed by atoms with van der Waals surface area (Å²) in [6, 6.07) is 4.87. The molecular formula is C16H20F4N2O2. The lowest BCUT2D eigenvalue weighted by Crippen LogP contribution is -2.54. The van der Waals surface area contributed by atoms with Gasteiger partial charge in [-0.25, -0.2) is 4.39 Å². The van der Waals surface area contributed by atoms with Crippen LogP contribution in [-0.2, 0) is 4.79 Å². The molecule has 1 saturated heterocycles. The van der Waals surface area contributed by atoms with E-state index in [4.69, 9.17) is 5.11 Å². The van der Waals surface area contributed by atoms with Crippen LogP contribution in [0.1, 0.15) is 24.3 Å². The van der Waals surface area contributed by atoms with Crippen molar-refractivity contribution < 1.29 is 27.5 Å². The summed E-state index contributed by atoms with van der Waals surface area (Å²) in [4.78, 5) is 13.2. The minimum atomic E-state index is -4.94. The Balaban J connectivity index is 2.14. The number of carbonyl (C=O) groups is 1. The Bertz CT molecular complexity index is 548. The van der Waals surface area contributed by atoms with E-state index >= 15 is 0 Å². The molecule has 2 N–H and O–H groups in total. The maximum Gasteiger partial charge on any atom is 0.471 e. The third-order valence-corrected chi connectivity index (χ3v) is 4.20. The van der Waals surface area contributed by atoms with Gasteiger partial charge in [0.2, 0.25) is 0 Å². The fourth-order valence-corrected chi connectivity index (χ4v) is 3.02. The molecule has 0 radical (unpaired) electrons. The van der Waals surface area contributed by atoms with Gasteiger partial charge in [-0.15, -0.1) is 0 Å². The molecule has 0 unspecified atom stereocenters. The number of aliphatic hydroxyl groups is 1. The van der Waals surface area contributed by atoms with E-state index in [-0.39, 0.29) is 19.1 Å². The molecule has 8 heteroatoms. The smallest absolute Gasteiger partial charge is 0.396 e. The number of rotatable bonds is 5. The van der Waals surface area contributed by atoms with Gasteiger partial charge in [-0.3, -0.25) is 4.79 Å². The van der Waals surface area contributed by atoms with Crippen molar-refractivity contribution in [1.82, 2.24) is 10.2 Å². The standard InChI is InChI=1S/C16H20F4N2O2/c17-12-4-2-11(3-5-12)13-6-8-22(7-1-9-23)10-14(13)21-15(24)16(18,19)20/h2-5,13-14,23H,1,6-10H2,(H,21,24)/t13-,14-/m1/s1. The quantitative estimate of drug-likeness (QED) is 0.801. The number of halogens is 4. The van der Waals surface area contributed by atoms with Crippen molar-refractivity contribution in [2.75, 3.05) is 26.2 Å². The highest BCUT2D eigenvalue weighted by molar-refractivity contribution is 5.82. The van der Waals surface area contributed by atoms with Crippen LogP contribution in [0, 0.1) is 5.82 Å². The number of alkyl halides is 3. The lowest BCUT2D eigenvalue weighted by Gasteiger charge is -2.39. The van der Waals surface area contributed by atoms with Crippen LogP contribution in [0.4, 0.5) is 17.6 Å². The van der Waals surface area contributed by atoms with E-state index in [0.717, 1.165) is 0 Å². The first-order valence-electron chi connectivity index (χ1n) is 7.77. The van der Waals surface area contributed by atoms with E-state index in [1.54, 1.807) is 0 Å². The Morgan fingerprint density at radius 1 is 1.29 bits per heavy atom. The van der Waals surface area contributed by atoms with Crippen molar-refractivity contribution in [1.29, 1.82) is 0 Å². The number of aliphatic hydroxyl groups excluding tert-OH is 1. The number of hydrogen-bond donors (Lipinski definition) is 2. The lowest BCUT2D eigenvalue weighted by molar-refractivity contribution is -0.174. The van der Waals surface area contributed by atoms with Crippen LogP contribution >= 0.6 is 0 Å². The summed E-state index contributed by atoms with van der Waals surface area (Å²) in [6.45, 7) is 1.44. The van der Waals surface area contributed by atoms with E-state index in [0.29, 0.717) is 31.5 Å². The van der Waals surface area contributed by atoms with Crippen molar-refractivity contribution in [2.24, 2.45) is 0 Å². The zero-order valence-electron chi connectivity index (χ0n) is 13.0. The molecule has 134 valence electrons. The molecule has 1 aromatic carbocycles. The number of nitrogens with one attached hydrogen (secondary N) is 1. The second-order valence-corrected chi connectivity index (χ2v) is 5.90. The molecule has 0 bridgehead atoms. The summed E-state index contributed by atoms with van der Waals surface area (Å²) in [5.41, 5.74) is 0.700. The van der Waals surface area contributed by atoms with Crippen LogP contribution in [0.2, 0.25) is 0 Å². The van der Waals surface area contributed by atoms with E-state index in [2.05, 4.69) is 5.32 Å². The van der Waals surface area contributed by atoms with E-state index < -0.39 is 23.9 Å². The fourth-order valence-electron chi connectivity index (χ4n) is 3.02. The van der Waals surface area contributed by atoms with Gasteiger partial charge < -0.3 is 15.3 Å². The van der Waals surface area contributed by atoms with Gasteiger partial charge >= 0.3 is 12.1 Å². The molecule has 1 fully saturated rings. The molecule has 2 rings (SSSR count). The second-order valence-electron chi connectivity index (χ2n) is 5.90. The SMILES string of the molecule is O=C(N[C@@H]1CN(CCCO)CC[C@@H]1c1ccc(F)cc1)C(F)(F)F. The number of amides is 1. The van der Waals surface area contributed by atoms with Gasteiger partial charge in [0, 0.05) is 31.7 Å². The Kier molecular flexibility index (Phi) is 6.17. The van der Waals surface area contributed by atoms with Crippen LogP contribution in [0.3, 0.4) is 0 Å². The summed E-state index contributed by atoms with van der Waals surface area (Å²) in [6.07, 6.45) is -3.89. The van der Waals surface area contributed by atoms with Crippen LogP contribution in [0.15, 0.2) is 24.3 Å².